The molecule has 1 aromatic heterocycles. The summed E-state index contributed by atoms with van der Waals surface area (Å²) in [6.45, 7) is 0. The summed E-state index contributed by atoms with van der Waals surface area (Å²) in [6, 6.07) is 6.74. The summed E-state index contributed by atoms with van der Waals surface area (Å²) in [4.78, 5) is 12.0. The molecule has 2 aliphatic carbocycles. The van der Waals surface area contributed by atoms with E-state index in [1.165, 1.54) is 87.8 Å². The molecule has 0 bridgehead atoms. The molecule has 0 unspecified atom stereocenters. The third-order valence-electron chi connectivity index (χ3n) is 6.30. The van der Waals surface area contributed by atoms with Crippen molar-refractivity contribution in [3.05, 3.63) is 35.5 Å². The van der Waals surface area contributed by atoms with Crippen molar-refractivity contribution in [3.8, 4) is 0 Å². The quantitative estimate of drug-likeness (QED) is 0.644. The first-order chi connectivity index (χ1) is 12.3. The number of esters is 1. The van der Waals surface area contributed by atoms with Gasteiger partial charge in [0.15, 0.2) is 0 Å². The lowest BCUT2D eigenvalue weighted by atomic mass is 9.84. The maximum absolute atomic E-state index is 12.0. The van der Waals surface area contributed by atoms with Crippen LogP contribution in [0, 0.1) is 0 Å². The summed E-state index contributed by atoms with van der Waals surface area (Å²) < 4.78 is 7.44. The largest absolute Gasteiger partial charge is 0.465 e. The predicted octanol–water partition coefficient (Wildman–Crippen LogP) is 5.98. The second-order valence-corrected chi connectivity index (χ2v) is 7.84. The van der Waals surface area contributed by atoms with Gasteiger partial charge >= 0.3 is 5.97 Å². The number of hydrogen-bond acceptors (Lipinski definition) is 2. The molecule has 2 aromatic rings. The molecule has 1 aromatic carbocycles. The fourth-order valence-corrected chi connectivity index (χ4v) is 4.92. The van der Waals surface area contributed by atoms with E-state index in [9.17, 15) is 4.79 Å². The molecule has 0 radical (unpaired) electrons. The summed E-state index contributed by atoms with van der Waals surface area (Å²) in [6.07, 6.45) is 15.6. The Kier molecular flexibility index (Phi) is 4.82. The SMILES string of the molecule is COC(=O)c1ccc2c(C3CCCCC3)cn(C3CCCCC3)c2c1. The minimum atomic E-state index is -0.238. The van der Waals surface area contributed by atoms with Crippen molar-refractivity contribution in [2.24, 2.45) is 0 Å². The van der Waals surface area contributed by atoms with Crippen molar-refractivity contribution >= 4 is 16.9 Å². The van der Waals surface area contributed by atoms with Gasteiger partial charge in [-0.3, -0.25) is 0 Å². The van der Waals surface area contributed by atoms with Gasteiger partial charge in [-0.15, -0.1) is 0 Å². The fraction of sp³-hybridized carbons (Fsp3) is 0.591. The maximum Gasteiger partial charge on any atom is 0.337 e. The molecule has 2 aliphatic rings. The number of aromatic nitrogens is 1. The first-order valence-corrected chi connectivity index (χ1v) is 10.0. The molecule has 2 saturated carbocycles. The summed E-state index contributed by atoms with van der Waals surface area (Å²) in [5, 5.41) is 1.35. The Labute approximate surface area is 150 Å². The number of fused-ring (bicyclic) bond motifs is 1. The van der Waals surface area contributed by atoms with Crippen LogP contribution in [0.15, 0.2) is 24.4 Å². The van der Waals surface area contributed by atoms with Crippen LogP contribution in [0.1, 0.15) is 92.1 Å². The van der Waals surface area contributed by atoms with Gasteiger partial charge in [-0.25, -0.2) is 4.79 Å². The second kappa shape index (κ2) is 7.23. The molecule has 0 atom stereocenters. The van der Waals surface area contributed by atoms with Gasteiger partial charge < -0.3 is 9.30 Å². The molecule has 0 spiro atoms. The number of benzene rings is 1. The molecule has 134 valence electrons. The van der Waals surface area contributed by atoms with E-state index in [1.807, 2.05) is 6.07 Å². The molecule has 4 rings (SSSR count). The molecule has 0 N–H and O–H groups in total. The zero-order valence-electron chi connectivity index (χ0n) is 15.3. The number of methoxy groups -OCH3 is 1. The van der Waals surface area contributed by atoms with Crippen molar-refractivity contribution < 1.29 is 9.53 Å². The van der Waals surface area contributed by atoms with Crippen molar-refractivity contribution in [2.45, 2.75) is 76.2 Å². The monoisotopic (exact) mass is 339 g/mol. The van der Waals surface area contributed by atoms with Crippen LogP contribution in [-0.4, -0.2) is 17.6 Å². The third kappa shape index (κ3) is 3.21. The van der Waals surface area contributed by atoms with Gasteiger partial charge in [-0.05, 0) is 49.3 Å². The van der Waals surface area contributed by atoms with E-state index in [1.54, 1.807) is 0 Å². The highest BCUT2D eigenvalue weighted by atomic mass is 16.5. The Balaban J connectivity index is 1.80. The van der Waals surface area contributed by atoms with E-state index in [4.69, 9.17) is 4.74 Å². The summed E-state index contributed by atoms with van der Waals surface area (Å²) in [7, 11) is 1.46. The molecule has 2 fully saturated rings. The van der Waals surface area contributed by atoms with E-state index >= 15 is 0 Å². The number of hydrogen-bond donors (Lipinski definition) is 0. The Morgan fingerprint density at radius 3 is 2.36 bits per heavy atom. The molecule has 3 heteroatoms. The smallest absolute Gasteiger partial charge is 0.337 e. The van der Waals surface area contributed by atoms with Crippen LogP contribution < -0.4 is 0 Å². The van der Waals surface area contributed by atoms with Gasteiger partial charge in [0.2, 0.25) is 0 Å². The van der Waals surface area contributed by atoms with Crippen LogP contribution >= 0.6 is 0 Å². The van der Waals surface area contributed by atoms with Crippen LogP contribution in [0.5, 0.6) is 0 Å². The molecule has 3 nitrogen and oxygen atoms in total. The van der Waals surface area contributed by atoms with E-state index in [0.29, 0.717) is 17.5 Å². The molecule has 0 saturated heterocycles. The Hall–Kier alpha value is -1.77. The van der Waals surface area contributed by atoms with Gasteiger partial charge in [-0.2, -0.15) is 0 Å². The minimum Gasteiger partial charge on any atom is -0.465 e. The predicted molar refractivity (Wildman–Crippen MR) is 101 cm³/mol. The molecule has 0 amide bonds. The van der Waals surface area contributed by atoms with E-state index in [0.717, 1.165) is 0 Å². The molecule has 1 heterocycles. The Morgan fingerprint density at radius 1 is 1.00 bits per heavy atom. The second-order valence-electron chi connectivity index (χ2n) is 7.84. The maximum atomic E-state index is 12.0. The topological polar surface area (TPSA) is 31.2 Å². The van der Waals surface area contributed by atoms with Crippen molar-refractivity contribution in [1.82, 2.24) is 4.57 Å². The van der Waals surface area contributed by atoms with Gasteiger partial charge in [0, 0.05) is 23.1 Å². The third-order valence-corrected chi connectivity index (χ3v) is 6.30. The average molecular weight is 339 g/mol. The number of carbonyl (C=O) groups is 1. The fourth-order valence-electron chi connectivity index (χ4n) is 4.92. The van der Waals surface area contributed by atoms with Crippen molar-refractivity contribution in [1.29, 1.82) is 0 Å². The number of ether oxygens (including phenoxy) is 1. The van der Waals surface area contributed by atoms with Crippen molar-refractivity contribution in [2.75, 3.05) is 7.11 Å². The molecule has 0 aliphatic heterocycles. The lowest BCUT2D eigenvalue weighted by Gasteiger charge is -2.24. The Bertz CT molecular complexity index is 749. The minimum absolute atomic E-state index is 0.238. The van der Waals surface area contributed by atoms with Crippen LogP contribution in [0.25, 0.3) is 10.9 Å². The van der Waals surface area contributed by atoms with Crippen molar-refractivity contribution in [3.63, 3.8) is 0 Å². The lowest BCUT2D eigenvalue weighted by molar-refractivity contribution is 0.0601. The first-order valence-electron chi connectivity index (χ1n) is 10.0. The standard InChI is InChI=1S/C22H29NO2/c1-25-22(24)17-12-13-19-20(16-8-4-2-5-9-16)15-23(21(19)14-17)18-10-6-3-7-11-18/h12-16,18H,2-11H2,1H3. The summed E-state index contributed by atoms with van der Waals surface area (Å²) in [5.41, 5.74) is 3.41. The summed E-state index contributed by atoms with van der Waals surface area (Å²) >= 11 is 0. The molecular formula is C22H29NO2. The van der Waals surface area contributed by atoms with E-state index < -0.39 is 0 Å². The highest BCUT2D eigenvalue weighted by Gasteiger charge is 2.24. The normalized spacial score (nSPS) is 20.0. The molecule has 25 heavy (non-hydrogen) atoms. The molecular weight excluding hydrogens is 310 g/mol. The van der Waals surface area contributed by atoms with E-state index in [2.05, 4.69) is 22.9 Å². The zero-order chi connectivity index (χ0) is 17.2. The van der Waals surface area contributed by atoms with Crippen LogP contribution in [0.3, 0.4) is 0 Å². The van der Waals surface area contributed by atoms with Gasteiger partial charge in [0.1, 0.15) is 0 Å². The highest BCUT2D eigenvalue weighted by molar-refractivity contribution is 5.95. The van der Waals surface area contributed by atoms with Gasteiger partial charge in [-0.1, -0.05) is 44.6 Å². The number of carbonyl (C=O) groups excluding carboxylic acids is 1. The summed E-state index contributed by atoms with van der Waals surface area (Å²) in [5.74, 6) is 0.447. The van der Waals surface area contributed by atoms with E-state index in [-0.39, 0.29) is 5.97 Å². The first kappa shape index (κ1) is 16.7. The van der Waals surface area contributed by atoms with Crippen LogP contribution in [-0.2, 0) is 4.74 Å². The zero-order valence-corrected chi connectivity index (χ0v) is 15.3. The number of nitrogens with zero attached hydrogens (tertiary/aromatic N) is 1. The van der Waals surface area contributed by atoms with Gasteiger partial charge in [0.25, 0.3) is 0 Å². The lowest BCUT2D eigenvalue weighted by Crippen LogP contribution is -2.12. The Morgan fingerprint density at radius 2 is 1.68 bits per heavy atom. The van der Waals surface area contributed by atoms with Crippen LogP contribution in [0.2, 0.25) is 0 Å². The highest BCUT2D eigenvalue weighted by Crippen LogP contribution is 2.40. The number of rotatable bonds is 3. The van der Waals surface area contributed by atoms with Gasteiger partial charge in [0.05, 0.1) is 12.7 Å². The van der Waals surface area contributed by atoms with Crippen LogP contribution in [0.4, 0.5) is 0 Å². The average Bonchev–Trinajstić information content (AvgIpc) is 3.07.